The largest absolute Gasteiger partial charge is 0.368 e. The van der Waals surface area contributed by atoms with Gasteiger partial charge in [-0.2, -0.15) is 0 Å². The van der Waals surface area contributed by atoms with Crippen LogP contribution < -0.4 is 10.2 Å². The molecule has 3 unspecified atom stereocenters. The van der Waals surface area contributed by atoms with Crippen LogP contribution in [0.25, 0.3) is 0 Å². The van der Waals surface area contributed by atoms with Gasteiger partial charge < -0.3 is 10.2 Å². The molecule has 2 heteroatoms. The van der Waals surface area contributed by atoms with Gasteiger partial charge in [0.25, 0.3) is 0 Å². The van der Waals surface area contributed by atoms with Crippen molar-refractivity contribution >= 4 is 5.69 Å². The highest BCUT2D eigenvalue weighted by Gasteiger charge is 2.34. The minimum atomic E-state index is 0.440. The molecule has 0 radical (unpaired) electrons. The van der Waals surface area contributed by atoms with E-state index in [2.05, 4.69) is 48.3 Å². The molecule has 1 saturated carbocycles. The predicted molar refractivity (Wildman–Crippen MR) is 90.9 cm³/mol. The average Bonchev–Trinajstić information content (AvgIpc) is 2.54. The van der Waals surface area contributed by atoms with E-state index >= 15 is 0 Å². The highest BCUT2D eigenvalue weighted by Crippen LogP contribution is 2.39. The van der Waals surface area contributed by atoms with E-state index in [9.17, 15) is 0 Å². The van der Waals surface area contributed by atoms with Crippen LogP contribution in [0.3, 0.4) is 0 Å². The summed E-state index contributed by atoms with van der Waals surface area (Å²) >= 11 is 0. The van der Waals surface area contributed by atoms with Crippen LogP contribution in [0.2, 0.25) is 0 Å². The first kappa shape index (κ1) is 14.9. The number of nitrogens with zero attached hydrogens (tertiary/aromatic N) is 1. The zero-order valence-corrected chi connectivity index (χ0v) is 13.6. The van der Waals surface area contributed by atoms with Gasteiger partial charge in [-0.05, 0) is 56.7 Å². The van der Waals surface area contributed by atoms with Crippen LogP contribution in [0, 0.1) is 5.92 Å². The molecule has 2 nitrogen and oxygen atoms in total. The minimum absolute atomic E-state index is 0.440. The van der Waals surface area contributed by atoms with Gasteiger partial charge in [-0.3, -0.25) is 0 Å². The van der Waals surface area contributed by atoms with Crippen molar-refractivity contribution in [2.24, 2.45) is 5.92 Å². The summed E-state index contributed by atoms with van der Waals surface area (Å²) in [6, 6.07) is 10.3. The second-order valence-electron chi connectivity index (χ2n) is 6.79. The molecule has 1 aromatic carbocycles. The number of rotatable bonds is 4. The van der Waals surface area contributed by atoms with E-state index in [0.717, 1.165) is 18.5 Å². The standard InChI is InChI=1S/C19H30N2/c1-3-20-15(2)17-11-5-7-13-19(17)21-14-8-10-16-9-4-6-12-18(16)21/h5,7,11,13,15-16,18,20H,3-4,6,8-10,12,14H2,1-2H3. The first-order valence-corrected chi connectivity index (χ1v) is 8.90. The van der Waals surface area contributed by atoms with Gasteiger partial charge in [0.05, 0.1) is 0 Å². The number of hydrogen-bond donors (Lipinski definition) is 1. The Morgan fingerprint density at radius 3 is 2.76 bits per heavy atom. The Bertz CT molecular complexity index is 455. The van der Waals surface area contributed by atoms with Gasteiger partial charge in [0.2, 0.25) is 0 Å². The van der Waals surface area contributed by atoms with E-state index in [1.54, 1.807) is 0 Å². The summed E-state index contributed by atoms with van der Waals surface area (Å²) in [4.78, 5) is 2.75. The molecule has 0 aromatic heterocycles. The third-order valence-electron chi connectivity index (χ3n) is 5.47. The van der Waals surface area contributed by atoms with E-state index in [-0.39, 0.29) is 0 Å². The maximum absolute atomic E-state index is 3.59. The number of hydrogen-bond acceptors (Lipinski definition) is 2. The van der Waals surface area contributed by atoms with Gasteiger partial charge in [0.1, 0.15) is 0 Å². The van der Waals surface area contributed by atoms with Gasteiger partial charge in [0, 0.05) is 24.3 Å². The Morgan fingerprint density at radius 2 is 1.90 bits per heavy atom. The molecule has 2 fully saturated rings. The second-order valence-corrected chi connectivity index (χ2v) is 6.79. The summed E-state index contributed by atoms with van der Waals surface area (Å²) < 4.78 is 0. The lowest BCUT2D eigenvalue weighted by molar-refractivity contribution is 0.243. The highest BCUT2D eigenvalue weighted by molar-refractivity contribution is 5.56. The number of piperidine rings is 1. The third-order valence-corrected chi connectivity index (χ3v) is 5.47. The van der Waals surface area contributed by atoms with E-state index in [1.807, 2.05) is 0 Å². The van der Waals surface area contributed by atoms with Crippen molar-refractivity contribution in [1.29, 1.82) is 0 Å². The molecule has 3 atom stereocenters. The quantitative estimate of drug-likeness (QED) is 0.875. The smallest absolute Gasteiger partial charge is 0.0417 e. The van der Waals surface area contributed by atoms with Crippen molar-refractivity contribution < 1.29 is 0 Å². The van der Waals surface area contributed by atoms with Crippen LogP contribution in [0.5, 0.6) is 0 Å². The zero-order chi connectivity index (χ0) is 14.7. The Kier molecular flexibility index (Phi) is 4.84. The molecule has 1 N–H and O–H groups in total. The van der Waals surface area contributed by atoms with Crippen molar-refractivity contribution in [2.75, 3.05) is 18.0 Å². The van der Waals surface area contributed by atoms with E-state index < -0.39 is 0 Å². The maximum atomic E-state index is 3.59. The van der Waals surface area contributed by atoms with Crippen LogP contribution >= 0.6 is 0 Å². The van der Waals surface area contributed by atoms with E-state index in [0.29, 0.717) is 6.04 Å². The molecule has 3 rings (SSSR count). The summed E-state index contributed by atoms with van der Waals surface area (Å²) in [6.07, 6.45) is 8.53. The van der Waals surface area contributed by atoms with Crippen LogP contribution in [-0.4, -0.2) is 19.1 Å². The first-order chi connectivity index (χ1) is 10.3. The predicted octanol–water partition coefficient (Wildman–Crippen LogP) is 4.52. The molecule has 1 saturated heterocycles. The minimum Gasteiger partial charge on any atom is -0.368 e. The van der Waals surface area contributed by atoms with Crippen LogP contribution in [0.1, 0.15) is 64.0 Å². The number of anilines is 1. The molecule has 116 valence electrons. The van der Waals surface area contributed by atoms with Gasteiger partial charge >= 0.3 is 0 Å². The molecule has 0 amide bonds. The number of fused-ring (bicyclic) bond motifs is 1. The van der Waals surface area contributed by atoms with Gasteiger partial charge in [-0.15, -0.1) is 0 Å². The van der Waals surface area contributed by atoms with Crippen LogP contribution in [0.15, 0.2) is 24.3 Å². The molecule has 2 aliphatic rings. The first-order valence-electron chi connectivity index (χ1n) is 8.90. The average molecular weight is 286 g/mol. The Morgan fingerprint density at radius 1 is 1.14 bits per heavy atom. The van der Waals surface area contributed by atoms with Crippen molar-refractivity contribution in [3.05, 3.63) is 29.8 Å². The molecule has 1 aromatic rings. The summed E-state index contributed by atoms with van der Waals surface area (Å²) in [5.74, 6) is 0.940. The molecular weight excluding hydrogens is 256 g/mol. The van der Waals surface area contributed by atoms with E-state index in [4.69, 9.17) is 0 Å². The monoisotopic (exact) mass is 286 g/mol. The highest BCUT2D eigenvalue weighted by atomic mass is 15.2. The fraction of sp³-hybridized carbons (Fsp3) is 0.684. The fourth-order valence-electron chi connectivity index (χ4n) is 4.46. The van der Waals surface area contributed by atoms with E-state index in [1.165, 1.54) is 56.3 Å². The Balaban J connectivity index is 1.88. The molecule has 0 bridgehead atoms. The second kappa shape index (κ2) is 6.83. The Labute approximate surface area is 129 Å². The lowest BCUT2D eigenvalue weighted by atomic mass is 9.78. The number of nitrogens with one attached hydrogen (secondary N) is 1. The van der Waals surface area contributed by atoms with Crippen LogP contribution in [0.4, 0.5) is 5.69 Å². The number of para-hydroxylation sites is 1. The summed E-state index contributed by atoms with van der Waals surface area (Å²) in [5.41, 5.74) is 2.97. The summed E-state index contributed by atoms with van der Waals surface area (Å²) in [5, 5.41) is 3.59. The SMILES string of the molecule is CCNC(C)c1ccccc1N1CCCC2CCCCC21. The fourth-order valence-corrected chi connectivity index (χ4v) is 4.46. The molecule has 1 heterocycles. The molecule has 1 aliphatic heterocycles. The molecule has 21 heavy (non-hydrogen) atoms. The zero-order valence-electron chi connectivity index (χ0n) is 13.6. The van der Waals surface area contributed by atoms with Crippen molar-refractivity contribution in [1.82, 2.24) is 5.32 Å². The Hall–Kier alpha value is -1.02. The normalized spacial score (nSPS) is 27.2. The van der Waals surface area contributed by atoms with Gasteiger partial charge in [-0.1, -0.05) is 38.0 Å². The van der Waals surface area contributed by atoms with Crippen molar-refractivity contribution in [2.45, 2.75) is 64.5 Å². The van der Waals surface area contributed by atoms with Gasteiger partial charge in [-0.25, -0.2) is 0 Å². The van der Waals surface area contributed by atoms with Gasteiger partial charge in [0.15, 0.2) is 0 Å². The third kappa shape index (κ3) is 3.11. The molecular formula is C19H30N2. The van der Waals surface area contributed by atoms with Crippen molar-refractivity contribution in [3.63, 3.8) is 0 Å². The molecule has 1 aliphatic carbocycles. The summed E-state index contributed by atoms with van der Waals surface area (Å²) in [7, 11) is 0. The lowest BCUT2D eigenvalue weighted by Gasteiger charge is -2.46. The molecule has 0 spiro atoms. The summed E-state index contributed by atoms with van der Waals surface area (Å²) in [6.45, 7) is 6.76. The number of benzene rings is 1. The lowest BCUT2D eigenvalue weighted by Crippen LogP contribution is -2.47. The van der Waals surface area contributed by atoms with Crippen LogP contribution in [-0.2, 0) is 0 Å². The van der Waals surface area contributed by atoms with Crippen molar-refractivity contribution in [3.8, 4) is 0 Å². The maximum Gasteiger partial charge on any atom is 0.0417 e. The topological polar surface area (TPSA) is 15.3 Å².